The largest absolute Gasteiger partial charge is 0.390 e. The molecule has 1 aliphatic heterocycles. The number of rotatable bonds is 1. The van der Waals surface area contributed by atoms with Gasteiger partial charge in [0.1, 0.15) is 0 Å². The average molecular weight is 190 g/mol. The van der Waals surface area contributed by atoms with Crippen LogP contribution in [-0.4, -0.2) is 35.4 Å². The Balaban J connectivity index is 2.45. The van der Waals surface area contributed by atoms with Crippen LogP contribution in [0.2, 0.25) is 0 Å². The van der Waals surface area contributed by atoms with E-state index in [2.05, 4.69) is 0 Å². The summed E-state index contributed by atoms with van der Waals surface area (Å²) in [5.41, 5.74) is -0.0669. The Bertz CT molecular complexity index is 136. The number of aliphatic hydroxyl groups excluding tert-OH is 1. The van der Waals surface area contributed by atoms with Crippen LogP contribution >= 0.6 is 11.8 Å². The van der Waals surface area contributed by atoms with Gasteiger partial charge in [-0.1, -0.05) is 20.8 Å². The van der Waals surface area contributed by atoms with E-state index in [1.165, 1.54) is 0 Å². The fourth-order valence-electron chi connectivity index (χ4n) is 1.25. The van der Waals surface area contributed by atoms with Crippen molar-refractivity contribution in [3.63, 3.8) is 0 Å². The number of hydrogen-bond donors (Lipinski definition) is 1. The molecule has 0 spiro atoms. The summed E-state index contributed by atoms with van der Waals surface area (Å²) >= 11 is 1.86. The minimum atomic E-state index is -0.342. The predicted molar refractivity (Wildman–Crippen MR) is 52.5 cm³/mol. The summed E-state index contributed by atoms with van der Waals surface area (Å²) in [6, 6.07) is 0. The minimum absolute atomic E-state index is 0.0312. The highest BCUT2D eigenvalue weighted by molar-refractivity contribution is 7.99. The highest BCUT2D eigenvalue weighted by Crippen LogP contribution is 2.27. The molecule has 1 aliphatic rings. The molecular weight excluding hydrogens is 172 g/mol. The van der Waals surface area contributed by atoms with Gasteiger partial charge < -0.3 is 9.84 Å². The third-order valence-electron chi connectivity index (χ3n) is 2.08. The van der Waals surface area contributed by atoms with Gasteiger partial charge in [-0.15, -0.1) is 0 Å². The molecular formula is C9H18O2S. The summed E-state index contributed by atoms with van der Waals surface area (Å²) in [4.78, 5) is 0. The van der Waals surface area contributed by atoms with Gasteiger partial charge in [0.05, 0.1) is 18.8 Å². The molecule has 0 radical (unpaired) electrons. The van der Waals surface area contributed by atoms with E-state index in [1.807, 2.05) is 32.5 Å². The highest BCUT2D eigenvalue weighted by atomic mass is 32.2. The zero-order valence-electron chi connectivity index (χ0n) is 8.04. The standard InChI is InChI=1S/C9H18O2S/c1-9(2,3)8(10)7-6-12-5-4-11-7/h7-8,10H,4-6H2,1-3H3. The molecule has 1 N–H and O–H groups in total. The highest BCUT2D eigenvalue weighted by Gasteiger charge is 2.32. The molecule has 2 unspecified atom stereocenters. The van der Waals surface area contributed by atoms with Gasteiger partial charge in [0.25, 0.3) is 0 Å². The molecule has 1 rings (SSSR count). The van der Waals surface area contributed by atoms with Crippen molar-refractivity contribution in [3.05, 3.63) is 0 Å². The van der Waals surface area contributed by atoms with E-state index in [9.17, 15) is 5.11 Å². The lowest BCUT2D eigenvalue weighted by Gasteiger charge is -2.34. The summed E-state index contributed by atoms with van der Waals surface area (Å²) in [6.45, 7) is 6.91. The lowest BCUT2D eigenvalue weighted by atomic mass is 9.86. The average Bonchev–Trinajstić information content (AvgIpc) is 2.03. The van der Waals surface area contributed by atoms with Gasteiger partial charge >= 0.3 is 0 Å². The number of ether oxygens (including phenoxy) is 1. The van der Waals surface area contributed by atoms with Crippen LogP contribution in [0.5, 0.6) is 0 Å². The summed E-state index contributed by atoms with van der Waals surface area (Å²) in [5, 5.41) is 9.87. The van der Waals surface area contributed by atoms with E-state index in [0.717, 1.165) is 18.1 Å². The molecule has 72 valence electrons. The molecule has 0 aliphatic carbocycles. The maximum Gasteiger partial charge on any atom is 0.0929 e. The van der Waals surface area contributed by atoms with Crippen molar-refractivity contribution in [3.8, 4) is 0 Å². The SMILES string of the molecule is CC(C)(C)C(O)C1CSCCO1. The molecule has 0 saturated carbocycles. The van der Waals surface area contributed by atoms with Crippen LogP contribution in [0, 0.1) is 5.41 Å². The Hall–Kier alpha value is 0.270. The number of thioether (sulfide) groups is 1. The molecule has 0 aromatic rings. The first kappa shape index (κ1) is 10.4. The molecule has 2 atom stereocenters. The molecule has 1 saturated heterocycles. The Morgan fingerprint density at radius 2 is 2.17 bits per heavy atom. The van der Waals surface area contributed by atoms with E-state index < -0.39 is 0 Å². The van der Waals surface area contributed by atoms with E-state index in [0.29, 0.717) is 0 Å². The van der Waals surface area contributed by atoms with Gasteiger partial charge in [0, 0.05) is 11.5 Å². The Kier molecular flexibility index (Phi) is 3.44. The Morgan fingerprint density at radius 1 is 1.50 bits per heavy atom. The second kappa shape index (κ2) is 3.99. The van der Waals surface area contributed by atoms with E-state index in [4.69, 9.17) is 4.74 Å². The molecule has 12 heavy (non-hydrogen) atoms. The molecule has 0 aromatic heterocycles. The molecule has 1 heterocycles. The zero-order chi connectivity index (χ0) is 9.19. The molecule has 0 amide bonds. The van der Waals surface area contributed by atoms with Crippen LogP contribution in [0.3, 0.4) is 0 Å². The van der Waals surface area contributed by atoms with Crippen LogP contribution in [0.15, 0.2) is 0 Å². The van der Waals surface area contributed by atoms with Crippen molar-refractivity contribution in [1.82, 2.24) is 0 Å². The quantitative estimate of drug-likeness (QED) is 0.680. The van der Waals surface area contributed by atoms with Crippen molar-refractivity contribution >= 4 is 11.8 Å². The van der Waals surface area contributed by atoms with Crippen molar-refractivity contribution in [1.29, 1.82) is 0 Å². The van der Waals surface area contributed by atoms with E-state index in [1.54, 1.807) is 0 Å². The number of aliphatic hydroxyl groups is 1. The van der Waals surface area contributed by atoms with E-state index in [-0.39, 0.29) is 17.6 Å². The zero-order valence-corrected chi connectivity index (χ0v) is 8.86. The maximum absolute atomic E-state index is 9.87. The first-order valence-corrected chi connectivity index (χ1v) is 5.54. The lowest BCUT2D eigenvalue weighted by Crippen LogP contribution is -2.43. The first-order chi connectivity index (χ1) is 5.52. The minimum Gasteiger partial charge on any atom is -0.390 e. The molecule has 0 bridgehead atoms. The van der Waals surface area contributed by atoms with Gasteiger partial charge in [0.2, 0.25) is 0 Å². The predicted octanol–water partition coefficient (Wildman–Crippen LogP) is 1.53. The monoisotopic (exact) mass is 190 g/mol. The van der Waals surface area contributed by atoms with Crippen LogP contribution in [0.1, 0.15) is 20.8 Å². The van der Waals surface area contributed by atoms with Gasteiger partial charge in [-0.2, -0.15) is 11.8 Å². The molecule has 0 aromatic carbocycles. The smallest absolute Gasteiger partial charge is 0.0929 e. The van der Waals surface area contributed by atoms with Crippen molar-refractivity contribution in [2.45, 2.75) is 33.0 Å². The van der Waals surface area contributed by atoms with Crippen molar-refractivity contribution < 1.29 is 9.84 Å². The summed E-state index contributed by atoms with van der Waals surface area (Å²) < 4.78 is 5.50. The van der Waals surface area contributed by atoms with Gasteiger partial charge in [-0.3, -0.25) is 0 Å². The fraction of sp³-hybridized carbons (Fsp3) is 1.00. The Labute approximate surface area is 78.7 Å². The van der Waals surface area contributed by atoms with Crippen LogP contribution in [0.25, 0.3) is 0 Å². The lowest BCUT2D eigenvalue weighted by molar-refractivity contribution is -0.0691. The maximum atomic E-state index is 9.87. The van der Waals surface area contributed by atoms with Gasteiger partial charge in [0.15, 0.2) is 0 Å². The summed E-state index contributed by atoms with van der Waals surface area (Å²) in [5.74, 6) is 1.99. The third kappa shape index (κ3) is 2.64. The Morgan fingerprint density at radius 3 is 2.58 bits per heavy atom. The molecule has 2 nitrogen and oxygen atoms in total. The molecule has 1 fully saturated rings. The fourth-order valence-corrected chi connectivity index (χ4v) is 2.14. The topological polar surface area (TPSA) is 29.5 Å². The summed E-state index contributed by atoms with van der Waals surface area (Å²) in [7, 11) is 0. The van der Waals surface area contributed by atoms with E-state index >= 15 is 0 Å². The van der Waals surface area contributed by atoms with Crippen LogP contribution in [-0.2, 0) is 4.74 Å². The van der Waals surface area contributed by atoms with Crippen molar-refractivity contribution in [2.75, 3.05) is 18.1 Å². The van der Waals surface area contributed by atoms with Crippen molar-refractivity contribution in [2.24, 2.45) is 5.41 Å². The van der Waals surface area contributed by atoms with Crippen LogP contribution in [0.4, 0.5) is 0 Å². The van der Waals surface area contributed by atoms with Gasteiger partial charge in [-0.25, -0.2) is 0 Å². The summed E-state index contributed by atoms with van der Waals surface area (Å²) in [6.07, 6.45) is -0.311. The first-order valence-electron chi connectivity index (χ1n) is 4.39. The normalized spacial score (nSPS) is 28.5. The third-order valence-corrected chi connectivity index (χ3v) is 3.10. The number of hydrogen-bond acceptors (Lipinski definition) is 3. The second-order valence-electron chi connectivity index (χ2n) is 4.30. The molecule has 3 heteroatoms. The second-order valence-corrected chi connectivity index (χ2v) is 5.44. The van der Waals surface area contributed by atoms with Gasteiger partial charge in [-0.05, 0) is 5.41 Å². The van der Waals surface area contributed by atoms with Crippen LogP contribution < -0.4 is 0 Å².